The second kappa shape index (κ2) is 7.48. The molecule has 0 amide bonds. The maximum absolute atomic E-state index is 11.0. The Morgan fingerprint density at radius 3 is 2.58 bits per heavy atom. The molecule has 1 atom stereocenters. The number of esters is 1. The van der Waals surface area contributed by atoms with Gasteiger partial charge in [-0.3, -0.25) is 14.9 Å². The van der Waals surface area contributed by atoms with Crippen molar-refractivity contribution in [1.82, 2.24) is 5.32 Å². The third kappa shape index (κ3) is 5.48. The Bertz CT molecular complexity index is 431. The average molecular weight is 266 g/mol. The number of non-ortho nitro benzene ring substituents is 1. The van der Waals surface area contributed by atoms with E-state index in [2.05, 4.69) is 5.32 Å². The predicted octanol–water partition coefficient (Wildman–Crippen LogP) is 2.03. The van der Waals surface area contributed by atoms with E-state index in [1.165, 1.54) is 12.1 Å². The third-order valence-corrected chi connectivity index (χ3v) is 2.53. The van der Waals surface area contributed by atoms with Crippen molar-refractivity contribution in [1.29, 1.82) is 0 Å². The van der Waals surface area contributed by atoms with Gasteiger partial charge in [0.1, 0.15) is 6.10 Å². The fraction of sp³-hybridized carbons (Fsp3) is 0.462. The number of nitrogens with one attached hydrogen (secondary N) is 1. The second-order valence-corrected chi connectivity index (χ2v) is 4.21. The number of nitro benzene ring substituents is 1. The minimum atomic E-state index is -0.427. The van der Waals surface area contributed by atoms with Crippen LogP contribution in [0.25, 0.3) is 0 Å². The van der Waals surface area contributed by atoms with E-state index >= 15 is 0 Å². The Morgan fingerprint density at radius 1 is 1.42 bits per heavy atom. The van der Waals surface area contributed by atoms with Crippen LogP contribution in [-0.4, -0.2) is 23.5 Å². The van der Waals surface area contributed by atoms with Crippen molar-refractivity contribution in [3.63, 3.8) is 0 Å². The number of nitro groups is 1. The molecule has 0 fully saturated rings. The number of hydrogen-bond donors (Lipinski definition) is 1. The Hall–Kier alpha value is -1.95. The molecule has 0 saturated heterocycles. The normalized spacial score (nSPS) is 11.9. The van der Waals surface area contributed by atoms with Crippen LogP contribution in [0.3, 0.4) is 0 Å². The van der Waals surface area contributed by atoms with Crippen LogP contribution in [0.15, 0.2) is 24.3 Å². The molecular weight excluding hydrogens is 248 g/mol. The molecule has 6 nitrogen and oxygen atoms in total. The third-order valence-electron chi connectivity index (χ3n) is 2.53. The Kier molecular flexibility index (Phi) is 5.95. The SMILES string of the molecule is CCC(=O)OC(C)CNCc1ccc([N+](=O)[O-])cc1. The molecule has 1 rings (SSSR count). The average Bonchev–Trinajstić information content (AvgIpc) is 2.39. The van der Waals surface area contributed by atoms with Crippen LogP contribution < -0.4 is 5.32 Å². The molecule has 0 aromatic heterocycles. The number of rotatable bonds is 7. The summed E-state index contributed by atoms with van der Waals surface area (Å²) in [6.45, 7) is 4.69. The van der Waals surface area contributed by atoms with Gasteiger partial charge in [-0.25, -0.2) is 0 Å². The summed E-state index contributed by atoms with van der Waals surface area (Å²) in [5, 5.41) is 13.6. The zero-order chi connectivity index (χ0) is 14.3. The Balaban J connectivity index is 2.33. The van der Waals surface area contributed by atoms with E-state index in [4.69, 9.17) is 4.74 Å². The summed E-state index contributed by atoms with van der Waals surface area (Å²) in [6, 6.07) is 6.34. The lowest BCUT2D eigenvalue weighted by Crippen LogP contribution is -2.28. The number of carbonyl (C=O) groups excluding carboxylic acids is 1. The van der Waals surface area contributed by atoms with E-state index < -0.39 is 4.92 Å². The van der Waals surface area contributed by atoms with Crippen molar-refractivity contribution in [2.45, 2.75) is 32.9 Å². The summed E-state index contributed by atoms with van der Waals surface area (Å²) in [7, 11) is 0. The number of hydrogen-bond acceptors (Lipinski definition) is 5. The molecule has 6 heteroatoms. The van der Waals surface area contributed by atoms with Gasteiger partial charge in [0.2, 0.25) is 0 Å². The lowest BCUT2D eigenvalue weighted by molar-refractivity contribution is -0.384. The molecule has 0 saturated carbocycles. The molecule has 0 bridgehead atoms. The molecular formula is C13H18N2O4. The molecule has 0 aliphatic carbocycles. The van der Waals surface area contributed by atoms with Crippen LogP contribution in [0.4, 0.5) is 5.69 Å². The minimum absolute atomic E-state index is 0.0778. The van der Waals surface area contributed by atoms with Gasteiger partial charge in [-0.2, -0.15) is 0 Å². The monoisotopic (exact) mass is 266 g/mol. The van der Waals surface area contributed by atoms with Crippen LogP contribution in [-0.2, 0) is 16.1 Å². The van der Waals surface area contributed by atoms with Crippen LogP contribution in [0, 0.1) is 10.1 Å². The number of nitrogens with zero attached hydrogens (tertiary/aromatic N) is 1. The lowest BCUT2D eigenvalue weighted by atomic mass is 10.2. The first-order chi connectivity index (χ1) is 9.02. The van der Waals surface area contributed by atoms with Gasteiger partial charge in [0.05, 0.1) is 4.92 Å². The molecule has 104 valence electrons. The van der Waals surface area contributed by atoms with Crippen molar-refractivity contribution >= 4 is 11.7 Å². The van der Waals surface area contributed by atoms with Crippen LogP contribution in [0.5, 0.6) is 0 Å². The second-order valence-electron chi connectivity index (χ2n) is 4.21. The first-order valence-corrected chi connectivity index (χ1v) is 6.16. The maximum Gasteiger partial charge on any atom is 0.305 e. The molecule has 19 heavy (non-hydrogen) atoms. The number of benzene rings is 1. The van der Waals surface area contributed by atoms with Gasteiger partial charge in [0.25, 0.3) is 5.69 Å². The van der Waals surface area contributed by atoms with Gasteiger partial charge in [0, 0.05) is 31.6 Å². The summed E-state index contributed by atoms with van der Waals surface area (Å²) in [5.74, 6) is -0.218. The predicted molar refractivity (Wildman–Crippen MR) is 70.6 cm³/mol. The van der Waals surface area contributed by atoms with Gasteiger partial charge >= 0.3 is 5.97 Å². The van der Waals surface area contributed by atoms with E-state index in [1.807, 2.05) is 6.92 Å². The standard InChI is InChI=1S/C13H18N2O4/c1-3-13(16)19-10(2)8-14-9-11-4-6-12(7-5-11)15(17)18/h4-7,10,14H,3,8-9H2,1-2H3. The van der Waals surface area contributed by atoms with Crippen molar-refractivity contribution < 1.29 is 14.5 Å². The summed E-state index contributed by atoms with van der Waals surface area (Å²) in [6.07, 6.45) is 0.178. The molecule has 0 heterocycles. The first-order valence-electron chi connectivity index (χ1n) is 6.16. The van der Waals surface area contributed by atoms with Gasteiger partial charge in [-0.1, -0.05) is 19.1 Å². The lowest BCUT2D eigenvalue weighted by Gasteiger charge is -2.13. The van der Waals surface area contributed by atoms with Gasteiger partial charge in [-0.15, -0.1) is 0 Å². The molecule has 0 aliphatic heterocycles. The summed E-state index contributed by atoms with van der Waals surface area (Å²) < 4.78 is 5.10. The highest BCUT2D eigenvalue weighted by Crippen LogP contribution is 2.11. The van der Waals surface area contributed by atoms with E-state index in [9.17, 15) is 14.9 Å². The van der Waals surface area contributed by atoms with E-state index in [0.717, 1.165) is 5.56 Å². The van der Waals surface area contributed by atoms with E-state index in [1.54, 1.807) is 19.1 Å². The summed E-state index contributed by atoms with van der Waals surface area (Å²) >= 11 is 0. The van der Waals surface area contributed by atoms with Crippen LogP contribution in [0.2, 0.25) is 0 Å². The Morgan fingerprint density at radius 2 is 2.05 bits per heavy atom. The fourth-order valence-electron chi connectivity index (χ4n) is 1.50. The first kappa shape index (κ1) is 15.1. The van der Waals surface area contributed by atoms with Crippen molar-refractivity contribution in [2.24, 2.45) is 0 Å². The smallest absolute Gasteiger partial charge is 0.305 e. The van der Waals surface area contributed by atoms with Crippen molar-refractivity contribution in [2.75, 3.05) is 6.54 Å². The minimum Gasteiger partial charge on any atom is -0.461 e. The van der Waals surface area contributed by atoms with E-state index in [-0.39, 0.29) is 17.8 Å². The van der Waals surface area contributed by atoms with Crippen LogP contribution >= 0.6 is 0 Å². The highest BCUT2D eigenvalue weighted by Gasteiger charge is 2.07. The fourth-order valence-corrected chi connectivity index (χ4v) is 1.50. The summed E-state index contributed by atoms with van der Waals surface area (Å²) in [5.41, 5.74) is 1.02. The summed E-state index contributed by atoms with van der Waals surface area (Å²) in [4.78, 5) is 21.1. The Labute approximate surface area is 111 Å². The quantitative estimate of drug-likeness (QED) is 0.464. The molecule has 1 aromatic carbocycles. The largest absolute Gasteiger partial charge is 0.461 e. The zero-order valence-corrected chi connectivity index (χ0v) is 11.1. The van der Waals surface area contributed by atoms with E-state index in [0.29, 0.717) is 19.5 Å². The highest BCUT2D eigenvalue weighted by molar-refractivity contribution is 5.69. The van der Waals surface area contributed by atoms with Gasteiger partial charge in [0.15, 0.2) is 0 Å². The molecule has 0 aliphatic rings. The molecule has 0 radical (unpaired) electrons. The highest BCUT2D eigenvalue weighted by atomic mass is 16.6. The zero-order valence-electron chi connectivity index (χ0n) is 11.1. The van der Waals surface area contributed by atoms with Gasteiger partial charge < -0.3 is 10.1 Å². The molecule has 1 aromatic rings. The van der Waals surface area contributed by atoms with Crippen molar-refractivity contribution in [3.8, 4) is 0 Å². The van der Waals surface area contributed by atoms with Gasteiger partial charge in [-0.05, 0) is 12.5 Å². The number of carbonyl (C=O) groups is 1. The topological polar surface area (TPSA) is 81.5 Å². The molecule has 0 spiro atoms. The van der Waals surface area contributed by atoms with Crippen molar-refractivity contribution in [3.05, 3.63) is 39.9 Å². The molecule has 1 unspecified atom stereocenters. The maximum atomic E-state index is 11.0. The molecule has 1 N–H and O–H groups in total. The van der Waals surface area contributed by atoms with Crippen LogP contribution in [0.1, 0.15) is 25.8 Å². The number of ether oxygens (including phenoxy) is 1.